The maximum Gasteiger partial charge on any atom is 0.271 e. The summed E-state index contributed by atoms with van der Waals surface area (Å²) in [5, 5.41) is 9.90. The zero-order valence-electron chi connectivity index (χ0n) is 18.1. The molecule has 0 aliphatic rings. The number of aryl methyl sites for hydroxylation is 3. The van der Waals surface area contributed by atoms with Gasteiger partial charge in [-0.05, 0) is 57.2 Å². The summed E-state index contributed by atoms with van der Waals surface area (Å²) in [6, 6.07) is 19.9. The Morgan fingerprint density at radius 1 is 0.938 bits per heavy atom. The molecule has 0 radical (unpaired) electrons. The van der Waals surface area contributed by atoms with E-state index in [1.165, 1.54) is 11.1 Å². The largest absolute Gasteiger partial charge is 0.271 e. The van der Waals surface area contributed by atoms with Gasteiger partial charge in [0.1, 0.15) is 5.03 Å². The van der Waals surface area contributed by atoms with E-state index < -0.39 is 0 Å². The molecular formula is C25H23N5OS. The summed E-state index contributed by atoms with van der Waals surface area (Å²) in [6.07, 6.45) is 4.80. The molecule has 32 heavy (non-hydrogen) atoms. The van der Waals surface area contributed by atoms with Crippen LogP contribution in [0.2, 0.25) is 0 Å². The highest BCUT2D eigenvalue weighted by molar-refractivity contribution is 7.99. The van der Waals surface area contributed by atoms with Gasteiger partial charge in [0.15, 0.2) is 0 Å². The lowest BCUT2D eigenvalue weighted by Crippen LogP contribution is -2.17. The molecule has 1 amide bonds. The zero-order valence-corrected chi connectivity index (χ0v) is 18.9. The Morgan fingerprint density at radius 3 is 2.22 bits per heavy atom. The number of aromatic nitrogens is 3. The standard InChI is InChI=1S/C25H23N5OS/c1-17-4-8-21(9-5-17)30-25(32-22-10-6-18(2)7-11-22)23(19(3)29-30)16-27-28-24(31)20-12-14-26-15-13-20/h4-16H,1-3H3,(H,28,31). The first-order chi connectivity index (χ1) is 15.5. The smallest absolute Gasteiger partial charge is 0.267 e. The number of benzene rings is 2. The molecule has 160 valence electrons. The van der Waals surface area contributed by atoms with Gasteiger partial charge in [0, 0.05) is 22.9 Å². The molecule has 0 saturated carbocycles. The van der Waals surface area contributed by atoms with E-state index in [0.29, 0.717) is 5.56 Å². The summed E-state index contributed by atoms with van der Waals surface area (Å²) in [4.78, 5) is 17.3. The van der Waals surface area contributed by atoms with Crippen LogP contribution >= 0.6 is 11.8 Å². The number of pyridine rings is 1. The zero-order chi connectivity index (χ0) is 22.5. The van der Waals surface area contributed by atoms with Crippen molar-refractivity contribution in [1.29, 1.82) is 0 Å². The molecule has 2 aromatic carbocycles. The van der Waals surface area contributed by atoms with Crippen LogP contribution in [0, 0.1) is 20.8 Å². The fourth-order valence-corrected chi connectivity index (χ4v) is 4.11. The van der Waals surface area contributed by atoms with Gasteiger partial charge in [0.05, 0.1) is 23.2 Å². The average molecular weight is 442 g/mol. The second-order valence-electron chi connectivity index (χ2n) is 7.40. The topological polar surface area (TPSA) is 72.2 Å². The Bertz CT molecular complexity index is 1250. The third kappa shape index (κ3) is 4.95. The second-order valence-corrected chi connectivity index (χ2v) is 8.46. The predicted octanol–water partition coefficient (Wildman–Crippen LogP) is 5.11. The molecule has 0 saturated heterocycles. The minimum absolute atomic E-state index is 0.292. The number of rotatable bonds is 6. The molecule has 4 aromatic rings. The number of nitrogens with zero attached hydrogens (tertiary/aromatic N) is 4. The van der Waals surface area contributed by atoms with Gasteiger partial charge in [0.2, 0.25) is 0 Å². The van der Waals surface area contributed by atoms with Crippen molar-refractivity contribution < 1.29 is 4.79 Å². The minimum atomic E-state index is -0.292. The van der Waals surface area contributed by atoms with E-state index in [-0.39, 0.29) is 5.91 Å². The molecular weight excluding hydrogens is 418 g/mol. The van der Waals surface area contributed by atoms with Crippen LogP contribution in [0.5, 0.6) is 0 Å². The molecule has 0 unspecified atom stereocenters. The Balaban J connectivity index is 1.68. The van der Waals surface area contributed by atoms with Crippen molar-refractivity contribution in [2.45, 2.75) is 30.7 Å². The summed E-state index contributed by atoms with van der Waals surface area (Å²) < 4.78 is 1.92. The number of amides is 1. The molecule has 0 aliphatic heterocycles. The number of hydrogen-bond donors (Lipinski definition) is 1. The summed E-state index contributed by atoms with van der Waals surface area (Å²) >= 11 is 1.61. The van der Waals surface area contributed by atoms with Gasteiger partial charge in [-0.1, -0.05) is 47.2 Å². The van der Waals surface area contributed by atoms with E-state index in [2.05, 4.69) is 65.8 Å². The predicted molar refractivity (Wildman–Crippen MR) is 128 cm³/mol. The van der Waals surface area contributed by atoms with Crippen molar-refractivity contribution in [3.8, 4) is 5.69 Å². The van der Waals surface area contributed by atoms with E-state index in [1.54, 1.807) is 42.5 Å². The van der Waals surface area contributed by atoms with Crippen molar-refractivity contribution in [1.82, 2.24) is 20.2 Å². The molecule has 2 heterocycles. The quantitative estimate of drug-likeness (QED) is 0.333. The van der Waals surface area contributed by atoms with Crippen molar-refractivity contribution in [2.24, 2.45) is 5.10 Å². The van der Waals surface area contributed by atoms with Crippen LogP contribution in [-0.4, -0.2) is 26.9 Å². The van der Waals surface area contributed by atoms with Gasteiger partial charge >= 0.3 is 0 Å². The molecule has 6 nitrogen and oxygen atoms in total. The summed E-state index contributed by atoms with van der Waals surface area (Å²) in [7, 11) is 0. The van der Waals surface area contributed by atoms with Crippen LogP contribution in [0.15, 0.2) is 88.1 Å². The molecule has 1 N–H and O–H groups in total. The normalized spacial score (nSPS) is 11.1. The van der Waals surface area contributed by atoms with Gasteiger partial charge < -0.3 is 0 Å². The lowest BCUT2D eigenvalue weighted by atomic mass is 10.2. The maximum absolute atomic E-state index is 12.3. The first kappa shape index (κ1) is 21.5. The van der Waals surface area contributed by atoms with Gasteiger partial charge in [-0.3, -0.25) is 9.78 Å². The Labute approximate surface area is 191 Å². The third-order valence-corrected chi connectivity index (χ3v) is 5.97. The van der Waals surface area contributed by atoms with Gasteiger partial charge in [-0.25, -0.2) is 10.1 Å². The van der Waals surface area contributed by atoms with Crippen LogP contribution in [0.3, 0.4) is 0 Å². The van der Waals surface area contributed by atoms with Crippen LogP contribution < -0.4 is 5.43 Å². The van der Waals surface area contributed by atoms with Crippen molar-refractivity contribution >= 4 is 23.9 Å². The number of carbonyl (C=O) groups is 1. The minimum Gasteiger partial charge on any atom is -0.267 e. The SMILES string of the molecule is Cc1ccc(Sc2c(C=NNC(=O)c3ccncc3)c(C)nn2-c2ccc(C)cc2)cc1. The van der Waals surface area contributed by atoms with Crippen LogP contribution in [0.1, 0.15) is 32.7 Å². The van der Waals surface area contributed by atoms with E-state index in [4.69, 9.17) is 5.10 Å². The summed E-state index contributed by atoms with van der Waals surface area (Å²) in [5.74, 6) is -0.292. The fraction of sp³-hybridized carbons (Fsp3) is 0.120. The highest BCUT2D eigenvalue weighted by atomic mass is 32.2. The molecule has 0 bridgehead atoms. The van der Waals surface area contributed by atoms with Gasteiger partial charge in [0.25, 0.3) is 5.91 Å². The monoisotopic (exact) mass is 441 g/mol. The number of carbonyl (C=O) groups excluding carboxylic acids is 1. The average Bonchev–Trinajstić information content (AvgIpc) is 3.11. The lowest BCUT2D eigenvalue weighted by Gasteiger charge is -2.09. The second kappa shape index (κ2) is 9.62. The van der Waals surface area contributed by atoms with Gasteiger partial charge in [-0.2, -0.15) is 10.2 Å². The van der Waals surface area contributed by atoms with Gasteiger partial charge in [-0.15, -0.1) is 0 Å². The van der Waals surface area contributed by atoms with E-state index in [9.17, 15) is 4.79 Å². The molecule has 0 spiro atoms. The van der Waals surface area contributed by atoms with Crippen LogP contribution in [-0.2, 0) is 0 Å². The van der Waals surface area contributed by atoms with E-state index in [0.717, 1.165) is 26.9 Å². The highest BCUT2D eigenvalue weighted by Gasteiger charge is 2.17. The number of nitrogens with one attached hydrogen (secondary N) is 1. The first-order valence-corrected chi connectivity index (χ1v) is 11.0. The van der Waals surface area contributed by atoms with Crippen molar-refractivity contribution in [2.75, 3.05) is 0 Å². The first-order valence-electron chi connectivity index (χ1n) is 10.2. The van der Waals surface area contributed by atoms with Crippen LogP contribution in [0.25, 0.3) is 5.69 Å². The molecule has 4 rings (SSSR count). The fourth-order valence-electron chi connectivity index (χ4n) is 3.07. The van der Waals surface area contributed by atoms with Crippen molar-refractivity contribution in [3.63, 3.8) is 0 Å². The highest BCUT2D eigenvalue weighted by Crippen LogP contribution is 2.33. The third-order valence-electron chi connectivity index (χ3n) is 4.88. The summed E-state index contributed by atoms with van der Waals surface area (Å²) in [5.41, 5.74) is 8.12. The molecule has 0 atom stereocenters. The van der Waals surface area contributed by atoms with E-state index in [1.807, 2.05) is 23.7 Å². The lowest BCUT2D eigenvalue weighted by molar-refractivity contribution is 0.0955. The summed E-state index contributed by atoms with van der Waals surface area (Å²) in [6.45, 7) is 6.07. The van der Waals surface area contributed by atoms with E-state index >= 15 is 0 Å². The Hall–Kier alpha value is -3.71. The van der Waals surface area contributed by atoms with Crippen molar-refractivity contribution in [3.05, 3.63) is 101 Å². The molecule has 2 aromatic heterocycles. The Kier molecular flexibility index (Phi) is 6.47. The maximum atomic E-state index is 12.3. The van der Waals surface area contributed by atoms with Crippen LogP contribution in [0.4, 0.5) is 0 Å². The molecule has 7 heteroatoms. The number of hydrogen-bond acceptors (Lipinski definition) is 5. The molecule has 0 aliphatic carbocycles. The number of hydrazone groups is 1. The molecule has 0 fully saturated rings. The Morgan fingerprint density at radius 2 is 1.56 bits per heavy atom.